The molecule has 0 bridgehead atoms. The van der Waals surface area contributed by atoms with Crippen molar-refractivity contribution >= 4 is 23.2 Å². The van der Waals surface area contributed by atoms with E-state index >= 15 is 0 Å². The van der Waals surface area contributed by atoms with Crippen molar-refractivity contribution in [1.82, 2.24) is 0 Å². The maximum absolute atomic E-state index is 12.8. The summed E-state index contributed by atoms with van der Waals surface area (Å²) in [6, 6.07) is 9.12. The fraction of sp³-hybridized carbons (Fsp3) is 0.167. The van der Waals surface area contributed by atoms with Crippen LogP contribution in [-0.4, -0.2) is 29.2 Å². The number of hydrogen-bond donors (Lipinski definition) is 2. The molecule has 3 rings (SSSR count). The van der Waals surface area contributed by atoms with E-state index in [1.807, 2.05) is 6.92 Å². The molecule has 5 heteroatoms. The van der Waals surface area contributed by atoms with Gasteiger partial charge in [-0.25, -0.2) is 4.79 Å². The number of fused-ring (bicyclic) bond motifs is 2. The molecule has 0 amide bonds. The standard InChI is InChI=1S/C18H15NO4/c1-2-8-19-14-5-3-4-12-15(14)17(21)11-7-6-10(18(22)23)9-13(11)16(12)20/h3-7,9,19H,2,8H2,1H3,(H,22,23). The Hall–Kier alpha value is -2.95. The number of carboxylic acid groups (broad SMARTS) is 1. The molecule has 23 heavy (non-hydrogen) atoms. The highest BCUT2D eigenvalue weighted by Gasteiger charge is 2.32. The molecule has 0 saturated carbocycles. The molecule has 5 nitrogen and oxygen atoms in total. The van der Waals surface area contributed by atoms with Crippen LogP contribution < -0.4 is 5.32 Å². The number of carbonyl (C=O) groups excluding carboxylic acids is 2. The lowest BCUT2D eigenvalue weighted by Crippen LogP contribution is -2.23. The minimum atomic E-state index is -1.13. The van der Waals surface area contributed by atoms with Crippen molar-refractivity contribution in [3.05, 3.63) is 64.2 Å². The van der Waals surface area contributed by atoms with Crippen LogP contribution in [0.2, 0.25) is 0 Å². The van der Waals surface area contributed by atoms with E-state index in [1.165, 1.54) is 18.2 Å². The first-order valence-corrected chi connectivity index (χ1v) is 7.38. The minimum Gasteiger partial charge on any atom is -0.478 e. The second-order valence-corrected chi connectivity index (χ2v) is 5.38. The van der Waals surface area contributed by atoms with Crippen LogP contribution in [0.4, 0.5) is 5.69 Å². The Morgan fingerprint density at radius 1 is 1.04 bits per heavy atom. The topological polar surface area (TPSA) is 83.5 Å². The Balaban J connectivity index is 2.16. The first kappa shape index (κ1) is 15.0. The SMILES string of the molecule is CCCNc1cccc2c1C(=O)c1ccc(C(=O)O)cc1C2=O. The number of nitrogens with one attached hydrogen (secondary N) is 1. The van der Waals surface area contributed by atoms with Gasteiger partial charge in [0.15, 0.2) is 11.6 Å². The largest absolute Gasteiger partial charge is 0.478 e. The van der Waals surface area contributed by atoms with E-state index in [1.54, 1.807) is 18.2 Å². The Morgan fingerprint density at radius 2 is 1.83 bits per heavy atom. The number of rotatable bonds is 4. The average Bonchev–Trinajstić information content (AvgIpc) is 2.56. The van der Waals surface area contributed by atoms with Gasteiger partial charge in [-0.05, 0) is 30.7 Å². The number of carboxylic acids is 1. The Morgan fingerprint density at radius 3 is 2.52 bits per heavy atom. The van der Waals surface area contributed by atoms with Gasteiger partial charge in [0.05, 0.1) is 11.1 Å². The van der Waals surface area contributed by atoms with E-state index in [-0.39, 0.29) is 28.3 Å². The van der Waals surface area contributed by atoms with E-state index in [2.05, 4.69) is 5.32 Å². The van der Waals surface area contributed by atoms with E-state index < -0.39 is 5.97 Å². The van der Waals surface area contributed by atoms with Gasteiger partial charge in [0.25, 0.3) is 0 Å². The molecule has 0 spiro atoms. The number of aromatic carboxylic acids is 1. The second kappa shape index (κ2) is 5.68. The maximum Gasteiger partial charge on any atom is 0.335 e. The minimum absolute atomic E-state index is 0.00591. The molecule has 0 unspecified atom stereocenters. The van der Waals surface area contributed by atoms with Gasteiger partial charge in [-0.3, -0.25) is 9.59 Å². The van der Waals surface area contributed by atoms with Crippen molar-refractivity contribution < 1.29 is 19.5 Å². The first-order valence-electron chi connectivity index (χ1n) is 7.38. The van der Waals surface area contributed by atoms with E-state index in [0.29, 0.717) is 23.4 Å². The quantitative estimate of drug-likeness (QED) is 0.774. The lowest BCUT2D eigenvalue weighted by Gasteiger charge is -2.21. The Kier molecular flexibility index (Phi) is 3.70. The molecule has 0 heterocycles. The normalized spacial score (nSPS) is 12.6. The van der Waals surface area contributed by atoms with Gasteiger partial charge in [0.2, 0.25) is 0 Å². The highest BCUT2D eigenvalue weighted by molar-refractivity contribution is 6.30. The molecule has 0 fully saturated rings. The van der Waals surface area contributed by atoms with Gasteiger partial charge in [0, 0.05) is 28.9 Å². The van der Waals surface area contributed by atoms with E-state index in [4.69, 9.17) is 5.11 Å². The van der Waals surface area contributed by atoms with Crippen LogP contribution in [0.1, 0.15) is 55.5 Å². The molecule has 0 aliphatic heterocycles. The molecule has 2 aromatic carbocycles. The summed E-state index contributed by atoms with van der Waals surface area (Å²) in [4.78, 5) is 36.5. The first-order chi connectivity index (χ1) is 11.0. The fourth-order valence-corrected chi connectivity index (χ4v) is 2.74. The fourth-order valence-electron chi connectivity index (χ4n) is 2.74. The molecule has 0 aromatic heterocycles. The maximum atomic E-state index is 12.8. The van der Waals surface area contributed by atoms with Gasteiger partial charge in [0.1, 0.15) is 0 Å². The van der Waals surface area contributed by atoms with Gasteiger partial charge < -0.3 is 10.4 Å². The highest BCUT2D eigenvalue weighted by Crippen LogP contribution is 2.32. The molecule has 0 atom stereocenters. The highest BCUT2D eigenvalue weighted by atomic mass is 16.4. The summed E-state index contributed by atoms with van der Waals surface area (Å²) in [5, 5.41) is 12.2. The van der Waals surface area contributed by atoms with Gasteiger partial charge in [-0.2, -0.15) is 0 Å². The van der Waals surface area contributed by atoms with Crippen molar-refractivity contribution in [2.24, 2.45) is 0 Å². The van der Waals surface area contributed by atoms with Crippen LogP contribution in [0.25, 0.3) is 0 Å². The summed E-state index contributed by atoms with van der Waals surface area (Å²) in [5.41, 5.74) is 1.70. The molecular formula is C18H15NO4. The van der Waals surface area contributed by atoms with Crippen LogP contribution in [-0.2, 0) is 0 Å². The lowest BCUT2D eigenvalue weighted by molar-refractivity contribution is 0.0696. The van der Waals surface area contributed by atoms with Crippen molar-refractivity contribution in [3.63, 3.8) is 0 Å². The van der Waals surface area contributed by atoms with Gasteiger partial charge >= 0.3 is 5.97 Å². The zero-order valence-electron chi connectivity index (χ0n) is 12.6. The van der Waals surface area contributed by atoms with E-state index in [9.17, 15) is 14.4 Å². The average molecular weight is 309 g/mol. The van der Waals surface area contributed by atoms with Gasteiger partial charge in [-0.1, -0.05) is 19.1 Å². The van der Waals surface area contributed by atoms with Crippen molar-refractivity contribution in [3.8, 4) is 0 Å². The second-order valence-electron chi connectivity index (χ2n) is 5.38. The molecule has 1 aliphatic carbocycles. The third kappa shape index (κ3) is 2.40. The predicted molar refractivity (Wildman–Crippen MR) is 85.5 cm³/mol. The zero-order valence-corrected chi connectivity index (χ0v) is 12.6. The van der Waals surface area contributed by atoms with Gasteiger partial charge in [-0.15, -0.1) is 0 Å². The summed E-state index contributed by atoms with van der Waals surface area (Å²) in [5.74, 6) is -1.71. The Bertz CT molecular complexity index is 839. The number of benzene rings is 2. The van der Waals surface area contributed by atoms with Crippen LogP contribution in [0.5, 0.6) is 0 Å². The summed E-state index contributed by atoms with van der Waals surface area (Å²) in [6.07, 6.45) is 0.893. The monoisotopic (exact) mass is 309 g/mol. The van der Waals surface area contributed by atoms with Crippen molar-refractivity contribution in [1.29, 1.82) is 0 Å². The smallest absolute Gasteiger partial charge is 0.335 e. The van der Waals surface area contributed by atoms with Crippen LogP contribution >= 0.6 is 0 Å². The molecule has 2 aromatic rings. The molecule has 2 N–H and O–H groups in total. The molecular weight excluding hydrogens is 294 g/mol. The number of anilines is 1. The summed E-state index contributed by atoms with van der Waals surface area (Å²) in [7, 11) is 0. The number of carbonyl (C=O) groups is 3. The number of ketones is 2. The third-order valence-electron chi connectivity index (χ3n) is 3.86. The third-order valence-corrected chi connectivity index (χ3v) is 3.86. The molecule has 0 saturated heterocycles. The molecule has 1 aliphatic rings. The molecule has 0 radical (unpaired) electrons. The van der Waals surface area contributed by atoms with Crippen LogP contribution in [0, 0.1) is 0 Å². The van der Waals surface area contributed by atoms with Crippen LogP contribution in [0.3, 0.4) is 0 Å². The lowest BCUT2D eigenvalue weighted by atomic mass is 9.82. The van der Waals surface area contributed by atoms with Crippen LogP contribution in [0.15, 0.2) is 36.4 Å². The predicted octanol–water partition coefficient (Wildman–Crippen LogP) is 2.98. The zero-order chi connectivity index (χ0) is 16.6. The molecule has 116 valence electrons. The summed E-state index contributed by atoms with van der Waals surface area (Å²) < 4.78 is 0. The van der Waals surface area contributed by atoms with E-state index in [0.717, 1.165) is 6.42 Å². The summed E-state index contributed by atoms with van der Waals surface area (Å²) in [6.45, 7) is 2.71. The number of hydrogen-bond acceptors (Lipinski definition) is 4. The van der Waals surface area contributed by atoms with Crippen molar-refractivity contribution in [2.45, 2.75) is 13.3 Å². The van der Waals surface area contributed by atoms with Crippen molar-refractivity contribution in [2.75, 3.05) is 11.9 Å². The Labute approximate surface area is 133 Å². The summed E-state index contributed by atoms with van der Waals surface area (Å²) >= 11 is 0.